The molecule has 1 aliphatic rings. The molecule has 1 aliphatic heterocycles. The van der Waals surface area contributed by atoms with Crippen molar-refractivity contribution in [3.63, 3.8) is 0 Å². The lowest BCUT2D eigenvalue weighted by molar-refractivity contribution is 0.0937. The Morgan fingerprint density at radius 1 is 1.31 bits per heavy atom. The van der Waals surface area contributed by atoms with Gasteiger partial charge in [0.15, 0.2) is 0 Å². The van der Waals surface area contributed by atoms with Gasteiger partial charge in [0.25, 0.3) is 5.91 Å². The van der Waals surface area contributed by atoms with E-state index in [1.54, 1.807) is 19.3 Å². The van der Waals surface area contributed by atoms with Crippen LogP contribution in [0.3, 0.4) is 0 Å². The number of carbonyl (C=O) groups excluding carboxylic acids is 1. The maximum Gasteiger partial charge on any atom is 0.261 e. The van der Waals surface area contributed by atoms with Gasteiger partial charge in [-0.05, 0) is 62.7 Å². The molecule has 0 aliphatic carbocycles. The molecular formula is C20H21FN2O2S. The molecule has 3 aromatic rings. The molecule has 2 aromatic heterocycles. The van der Waals surface area contributed by atoms with Crippen LogP contribution in [0.25, 0.3) is 10.1 Å². The Labute approximate surface area is 155 Å². The van der Waals surface area contributed by atoms with Crippen LogP contribution in [-0.4, -0.2) is 30.4 Å². The van der Waals surface area contributed by atoms with E-state index >= 15 is 0 Å². The Kier molecular flexibility index (Phi) is 4.78. The van der Waals surface area contributed by atoms with Crippen molar-refractivity contribution in [1.82, 2.24) is 10.2 Å². The summed E-state index contributed by atoms with van der Waals surface area (Å²) in [6, 6.07) is 8.82. The second-order valence-corrected chi connectivity index (χ2v) is 7.71. The predicted molar refractivity (Wildman–Crippen MR) is 101 cm³/mol. The third kappa shape index (κ3) is 3.15. The zero-order valence-electron chi connectivity index (χ0n) is 14.6. The van der Waals surface area contributed by atoms with Crippen molar-refractivity contribution in [2.75, 3.05) is 19.6 Å². The van der Waals surface area contributed by atoms with Gasteiger partial charge in [0.1, 0.15) is 11.6 Å². The number of aryl methyl sites for hydroxylation is 1. The molecule has 4 nitrogen and oxygen atoms in total. The van der Waals surface area contributed by atoms with E-state index in [0.717, 1.165) is 23.5 Å². The normalized spacial score (nSPS) is 16.2. The number of nitrogens with one attached hydrogen (secondary N) is 1. The summed E-state index contributed by atoms with van der Waals surface area (Å²) < 4.78 is 20.5. The molecule has 136 valence electrons. The van der Waals surface area contributed by atoms with E-state index in [9.17, 15) is 9.18 Å². The minimum absolute atomic E-state index is 0.0304. The number of thiophene rings is 1. The number of amides is 1. The lowest BCUT2D eigenvalue weighted by Gasteiger charge is -2.25. The van der Waals surface area contributed by atoms with Crippen LogP contribution in [0.1, 0.15) is 39.9 Å². The van der Waals surface area contributed by atoms with E-state index in [2.05, 4.69) is 10.2 Å². The van der Waals surface area contributed by atoms with E-state index in [-0.39, 0.29) is 17.8 Å². The first-order valence-electron chi connectivity index (χ1n) is 8.88. The third-order valence-electron chi connectivity index (χ3n) is 5.02. The van der Waals surface area contributed by atoms with E-state index in [4.69, 9.17) is 4.42 Å². The standard InChI is InChI=1S/C20H21FN2O2S/c1-13-18-14(21)6-4-8-17(18)26-19(13)20(24)22-12-15(16-7-5-11-25-16)23-9-2-3-10-23/h4-8,11,15H,2-3,9-10,12H2,1H3,(H,22,24)/t15-/m0/s1. The quantitative estimate of drug-likeness (QED) is 0.717. The summed E-state index contributed by atoms with van der Waals surface area (Å²) in [5.41, 5.74) is 0.705. The molecule has 0 spiro atoms. The zero-order chi connectivity index (χ0) is 18.1. The van der Waals surface area contributed by atoms with Gasteiger partial charge in [-0.25, -0.2) is 4.39 Å². The van der Waals surface area contributed by atoms with Gasteiger partial charge >= 0.3 is 0 Å². The Morgan fingerprint density at radius 3 is 2.81 bits per heavy atom. The van der Waals surface area contributed by atoms with E-state index in [1.165, 1.54) is 30.2 Å². The summed E-state index contributed by atoms with van der Waals surface area (Å²) in [5.74, 6) is 0.436. The summed E-state index contributed by atoms with van der Waals surface area (Å²) in [7, 11) is 0. The highest BCUT2D eigenvalue weighted by molar-refractivity contribution is 7.21. The average molecular weight is 372 g/mol. The number of hydrogen-bond acceptors (Lipinski definition) is 4. The van der Waals surface area contributed by atoms with Crippen LogP contribution in [0.15, 0.2) is 41.0 Å². The largest absolute Gasteiger partial charge is 0.468 e. The lowest BCUT2D eigenvalue weighted by Crippen LogP contribution is -2.36. The number of rotatable bonds is 5. The minimum atomic E-state index is -0.277. The maximum absolute atomic E-state index is 14.1. The first-order valence-corrected chi connectivity index (χ1v) is 9.70. The van der Waals surface area contributed by atoms with Gasteiger partial charge in [0, 0.05) is 16.6 Å². The van der Waals surface area contributed by atoms with Crippen molar-refractivity contribution in [2.45, 2.75) is 25.8 Å². The molecule has 1 amide bonds. The van der Waals surface area contributed by atoms with E-state index in [0.29, 0.717) is 22.4 Å². The highest BCUT2D eigenvalue weighted by atomic mass is 32.1. The number of halogens is 1. The van der Waals surface area contributed by atoms with Crippen molar-refractivity contribution in [1.29, 1.82) is 0 Å². The molecule has 1 saturated heterocycles. The van der Waals surface area contributed by atoms with Crippen molar-refractivity contribution >= 4 is 27.3 Å². The van der Waals surface area contributed by atoms with Gasteiger partial charge in [-0.2, -0.15) is 0 Å². The van der Waals surface area contributed by atoms with Crippen LogP contribution < -0.4 is 5.32 Å². The number of nitrogens with zero attached hydrogens (tertiary/aromatic N) is 1. The average Bonchev–Trinajstić information content (AvgIpc) is 3.37. The van der Waals surface area contributed by atoms with Gasteiger partial charge in [-0.3, -0.25) is 9.69 Å². The van der Waals surface area contributed by atoms with Gasteiger partial charge in [0.05, 0.1) is 17.2 Å². The third-order valence-corrected chi connectivity index (χ3v) is 6.27. The van der Waals surface area contributed by atoms with Crippen LogP contribution in [-0.2, 0) is 0 Å². The number of hydrogen-bond donors (Lipinski definition) is 1. The van der Waals surface area contributed by atoms with Crippen molar-refractivity contribution in [3.8, 4) is 0 Å². The highest BCUT2D eigenvalue weighted by Gasteiger charge is 2.27. The minimum Gasteiger partial charge on any atom is -0.468 e. The Morgan fingerprint density at radius 2 is 2.12 bits per heavy atom. The van der Waals surface area contributed by atoms with E-state index in [1.807, 2.05) is 18.2 Å². The SMILES string of the molecule is Cc1c(C(=O)NC[C@@H](c2ccco2)N2CCCC2)sc2cccc(F)c12. The summed E-state index contributed by atoms with van der Waals surface area (Å²) in [4.78, 5) is 15.7. The maximum atomic E-state index is 14.1. The van der Waals surface area contributed by atoms with E-state index < -0.39 is 0 Å². The highest BCUT2D eigenvalue weighted by Crippen LogP contribution is 2.32. The van der Waals surface area contributed by atoms with Crippen LogP contribution in [0.4, 0.5) is 4.39 Å². The van der Waals surface area contributed by atoms with Gasteiger partial charge in [0.2, 0.25) is 0 Å². The molecule has 3 heterocycles. The number of benzene rings is 1. The topological polar surface area (TPSA) is 45.5 Å². The Balaban J connectivity index is 1.54. The number of likely N-dealkylation sites (tertiary alicyclic amines) is 1. The molecule has 0 unspecified atom stereocenters. The van der Waals surface area contributed by atoms with Crippen LogP contribution >= 0.6 is 11.3 Å². The van der Waals surface area contributed by atoms with Gasteiger partial charge in [-0.1, -0.05) is 6.07 Å². The first-order chi connectivity index (χ1) is 12.6. The molecule has 0 radical (unpaired) electrons. The van der Waals surface area contributed by atoms with Crippen LogP contribution in [0, 0.1) is 12.7 Å². The first kappa shape index (κ1) is 17.2. The van der Waals surface area contributed by atoms with Gasteiger partial charge < -0.3 is 9.73 Å². The van der Waals surface area contributed by atoms with Crippen molar-refractivity contribution in [3.05, 3.63) is 58.6 Å². The number of carbonyl (C=O) groups is 1. The molecule has 6 heteroatoms. The molecule has 1 atom stereocenters. The molecule has 4 rings (SSSR count). The Hall–Kier alpha value is -2.18. The fourth-order valence-corrected chi connectivity index (χ4v) is 4.82. The Bertz CT molecular complexity index is 913. The van der Waals surface area contributed by atoms with Gasteiger partial charge in [-0.15, -0.1) is 11.3 Å². The number of fused-ring (bicyclic) bond motifs is 1. The monoisotopic (exact) mass is 372 g/mol. The summed E-state index contributed by atoms with van der Waals surface area (Å²) >= 11 is 1.34. The van der Waals surface area contributed by atoms with Crippen LogP contribution in [0.5, 0.6) is 0 Å². The smallest absolute Gasteiger partial charge is 0.261 e. The lowest BCUT2D eigenvalue weighted by atomic mass is 10.1. The van der Waals surface area contributed by atoms with Crippen LogP contribution in [0.2, 0.25) is 0 Å². The molecule has 0 bridgehead atoms. The molecular weight excluding hydrogens is 351 g/mol. The number of furan rings is 1. The molecule has 1 fully saturated rings. The molecule has 1 aromatic carbocycles. The molecule has 0 saturated carbocycles. The fraction of sp³-hybridized carbons (Fsp3) is 0.350. The zero-order valence-corrected chi connectivity index (χ0v) is 15.4. The summed E-state index contributed by atoms with van der Waals surface area (Å²) in [6.45, 7) is 4.30. The fourth-order valence-electron chi connectivity index (χ4n) is 3.68. The molecule has 1 N–H and O–H groups in total. The summed E-state index contributed by atoms with van der Waals surface area (Å²) in [6.07, 6.45) is 4.00. The van der Waals surface area contributed by atoms with Crippen molar-refractivity contribution in [2.24, 2.45) is 0 Å². The molecule has 26 heavy (non-hydrogen) atoms. The van der Waals surface area contributed by atoms with Crippen molar-refractivity contribution < 1.29 is 13.6 Å². The summed E-state index contributed by atoms with van der Waals surface area (Å²) in [5, 5.41) is 3.58. The predicted octanol–water partition coefficient (Wildman–Crippen LogP) is 4.51. The second-order valence-electron chi connectivity index (χ2n) is 6.65. The second kappa shape index (κ2) is 7.21.